The zero-order chi connectivity index (χ0) is 13.1. The first-order valence-corrected chi connectivity index (χ1v) is 6.58. The van der Waals surface area contributed by atoms with Gasteiger partial charge in [0.1, 0.15) is 0 Å². The molecular formula is C13H24N4O. The van der Waals surface area contributed by atoms with E-state index in [9.17, 15) is 0 Å². The average molecular weight is 252 g/mol. The monoisotopic (exact) mass is 252 g/mol. The minimum Gasteiger partial charge on any atom is -0.381 e. The Morgan fingerprint density at radius 2 is 2.39 bits per heavy atom. The van der Waals surface area contributed by atoms with E-state index < -0.39 is 0 Å². The number of nitrogens with one attached hydrogen (secondary N) is 1. The fourth-order valence-electron chi connectivity index (χ4n) is 2.39. The summed E-state index contributed by atoms with van der Waals surface area (Å²) in [6.45, 7) is 4.90. The van der Waals surface area contributed by atoms with Crippen LogP contribution in [0.5, 0.6) is 0 Å². The van der Waals surface area contributed by atoms with E-state index in [2.05, 4.69) is 28.8 Å². The number of ether oxygens (including phenoxy) is 1. The van der Waals surface area contributed by atoms with Crippen LogP contribution >= 0.6 is 0 Å². The van der Waals surface area contributed by atoms with E-state index in [0.29, 0.717) is 12.0 Å². The number of rotatable bonds is 5. The molecule has 1 aliphatic heterocycles. The molecule has 1 aromatic heterocycles. The smallest absolute Gasteiger partial charge is 0.204 e. The van der Waals surface area contributed by atoms with Crippen LogP contribution in [0.4, 0.5) is 5.95 Å². The Bertz CT molecular complexity index is 382. The van der Waals surface area contributed by atoms with Gasteiger partial charge in [-0.05, 0) is 19.3 Å². The predicted molar refractivity (Wildman–Crippen MR) is 72.8 cm³/mol. The van der Waals surface area contributed by atoms with Crippen LogP contribution in [0.25, 0.3) is 0 Å². The van der Waals surface area contributed by atoms with Crippen LogP contribution in [-0.4, -0.2) is 42.9 Å². The summed E-state index contributed by atoms with van der Waals surface area (Å²) in [6.07, 6.45) is 3.11. The number of hydrogen-bond acceptors (Lipinski definition) is 4. The molecule has 18 heavy (non-hydrogen) atoms. The van der Waals surface area contributed by atoms with Gasteiger partial charge in [0.15, 0.2) is 0 Å². The van der Waals surface area contributed by atoms with Gasteiger partial charge < -0.3 is 19.5 Å². The molecule has 1 aromatic rings. The number of aromatic nitrogens is 2. The third-order valence-corrected chi connectivity index (χ3v) is 3.74. The molecule has 0 aliphatic carbocycles. The van der Waals surface area contributed by atoms with Crippen molar-refractivity contribution in [2.45, 2.75) is 25.9 Å². The second kappa shape index (κ2) is 5.71. The minimum atomic E-state index is 0.491. The van der Waals surface area contributed by atoms with Gasteiger partial charge >= 0.3 is 0 Å². The summed E-state index contributed by atoms with van der Waals surface area (Å²) < 4.78 is 7.56. The molecule has 5 nitrogen and oxygen atoms in total. The Morgan fingerprint density at radius 3 is 2.94 bits per heavy atom. The van der Waals surface area contributed by atoms with Crippen LogP contribution in [0.3, 0.4) is 0 Å². The van der Waals surface area contributed by atoms with Crippen molar-refractivity contribution in [2.75, 3.05) is 32.2 Å². The first kappa shape index (κ1) is 13.4. The van der Waals surface area contributed by atoms with Crippen LogP contribution in [0.15, 0.2) is 6.20 Å². The molecule has 0 spiro atoms. The molecular weight excluding hydrogens is 228 g/mol. The summed E-state index contributed by atoms with van der Waals surface area (Å²) >= 11 is 0. The fourth-order valence-corrected chi connectivity index (χ4v) is 2.39. The lowest BCUT2D eigenvalue weighted by molar-refractivity contribution is 0.178. The van der Waals surface area contributed by atoms with Crippen molar-refractivity contribution in [2.24, 2.45) is 13.0 Å². The first-order chi connectivity index (χ1) is 8.59. The van der Waals surface area contributed by atoms with Crippen LogP contribution in [-0.2, 0) is 18.3 Å². The molecule has 1 saturated heterocycles. The third kappa shape index (κ3) is 2.84. The van der Waals surface area contributed by atoms with Crippen molar-refractivity contribution < 1.29 is 4.74 Å². The van der Waals surface area contributed by atoms with Crippen molar-refractivity contribution in [3.05, 3.63) is 11.9 Å². The highest BCUT2D eigenvalue weighted by atomic mass is 16.5. The Labute approximate surface area is 109 Å². The number of hydrogen-bond donors (Lipinski definition) is 1. The zero-order valence-electron chi connectivity index (χ0n) is 11.8. The van der Waals surface area contributed by atoms with E-state index in [-0.39, 0.29) is 0 Å². The molecule has 0 bridgehead atoms. The summed E-state index contributed by atoms with van der Waals surface area (Å²) in [7, 11) is 6.08. The molecule has 2 heterocycles. The first-order valence-electron chi connectivity index (χ1n) is 6.58. The maximum atomic E-state index is 5.43. The Hall–Kier alpha value is -1.07. The van der Waals surface area contributed by atoms with Gasteiger partial charge in [0, 0.05) is 40.3 Å². The fraction of sp³-hybridized carbons (Fsp3) is 0.769. The highest BCUT2D eigenvalue weighted by Crippen LogP contribution is 2.17. The van der Waals surface area contributed by atoms with Gasteiger partial charge in [0.25, 0.3) is 0 Å². The number of nitrogens with zero attached hydrogens (tertiary/aromatic N) is 3. The van der Waals surface area contributed by atoms with E-state index >= 15 is 0 Å². The van der Waals surface area contributed by atoms with Gasteiger partial charge in [-0.3, -0.25) is 0 Å². The SMILES string of the molecule is CC(NCc1cnc(N(C)C)n1C)C1CCOC1. The normalized spacial score (nSPS) is 21.2. The van der Waals surface area contributed by atoms with Crippen molar-refractivity contribution >= 4 is 5.95 Å². The van der Waals surface area contributed by atoms with E-state index in [1.165, 1.54) is 12.1 Å². The Morgan fingerprint density at radius 1 is 1.61 bits per heavy atom. The second-order valence-electron chi connectivity index (χ2n) is 5.30. The topological polar surface area (TPSA) is 42.3 Å². The van der Waals surface area contributed by atoms with Crippen LogP contribution in [0, 0.1) is 5.92 Å². The molecule has 2 rings (SSSR count). The molecule has 1 aliphatic rings. The average Bonchev–Trinajstić information content (AvgIpc) is 2.95. The zero-order valence-corrected chi connectivity index (χ0v) is 11.8. The highest BCUT2D eigenvalue weighted by molar-refractivity contribution is 5.30. The van der Waals surface area contributed by atoms with Gasteiger partial charge in [-0.25, -0.2) is 4.98 Å². The standard InChI is InChI=1S/C13H24N4O/c1-10(11-5-6-18-9-11)14-7-12-8-15-13(16(2)3)17(12)4/h8,10-11,14H,5-7,9H2,1-4H3. The Balaban J connectivity index is 1.89. The molecule has 0 aromatic carbocycles. The molecule has 5 heteroatoms. The summed E-state index contributed by atoms with van der Waals surface area (Å²) in [6, 6.07) is 0.491. The summed E-state index contributed by atoms with van der Waals surface area (Å²) in [5.74, 6) is 1.63. The van der Waals surface area contributed by atoms with E-state index in [4.69, 9.17) is 4.74 Å². The molecule has 1 N–H and O–H groups in total. The van der Waals surface area contributed by atoms with E-state index in [0.717, 1.165) is 25.7 Å². The van der Waals surface area contributed by atoms with Crippen LogP contribution in [0.1, 0.15) is 19.0 Å². The summed E-state index contributed by atoms with van der Waals surface area (Å²) in [5, 5.41) is 3.57. The second-order valence-corrected chi connectivity index (χ2v) is 5.30. The lowest BCUT2D eigenvalue weighted by atomic mass is 10.0. The molecule has 0 radical (unpaired) electrons. The lowest BCUT2D eigenvalue weighted by Crippen LogP contribution is -2.33. The quantitative estimate of drug-likeness (QED) is 0.849. The summed E-state index contributed by atoms with van der Waals surface area (Å²) in [5.41, 5.74) is 1.21. The van der Waals surface area contributed by atoms with E-state index in [1.807, 2.05) is 25.2 Å². The van der Waals surface area contributed by atoms with Crippen molar-refractivity contribution in [3.63, 3.8) is 0 Å². The minimum absolute atomic E-state index is 0.491. The molecule has 0 amide bonds. The molecule has 102 valence electrons. The number of imidazole rings is 1. The maximum Gasteiger partial charge on any atom is 0.204 e. The molecule has 0 saturated carbocycles. The van der Waals surface area contributed by atoms with Gasteiger partial charge in [-0.1, -0.05) is 0 Å². The maximum absolute atomic E-state index is 5.43. The third-order valence-electron chi connectivity index (χ3n) is 3.74. The van der Waals surface area contributed by atoms with Crippen LogP contribution in [0.2, 0.25) is 0 Å². The van der Waals surface area contributed by atoms with Crippen LogP contribution < -0.4 is 10.2 Å². The highest BCUT2D eigenvalue weighted by Gasteiger charge is 2.22. The largest absolute Gasteiger partial charge is 0.381 e. The van der Waals surface area contributed by atoms with Gasteiger partial charge in [0.2, 0.25) is 5.95 Å². The van der Waals surface area contributed by atoms with Crippen molar-refractivity contribution in [1.29, 1.82) is 0 Å². The summed E-state index contributed by atoms with van der Waals surface area (Å²) in [4.78, 5) is 6.44. The predicted octanol–water partition coefficient (Wildman–Crippen LogP) is 1.00. The van der Waals surface area contributed by atoms with Gasteiger partial charge in [-0.2, -0.15) is 0 Å². The molecule has 1 fully saturated rings. The van der Waals surface area contributed by atoms with Gasteiger partial charge in [-0.15, -0.1) is 0 Å². The molecule has 2 atom stereocenters. The number of anilines is 1. The Kier molecular flexibility index (Phi) is 4.24. The van der Waals surface area contributed by atoms with Crippen molar-refractivity contribution in [1.82, 2.24) is 14.9 Å². The lowest BCUT2D eigenvalue weighted by Gasteiger charge is -2.19. The van der Waals surface area contributed by atoms with Crippen molar-refractivity contribution in [3.8, 4) is 0 Å². The molecule has 2 unspecified atom stereocenters. The van der Waals surface area contributed by atoms with E-state index in [1.54, 1.807) is 0 Å². The van der Waals surface area contributed by atoms with Gasteiger partial charge in [0.05, 0.1) is 18.5 Å².